The van der Waals surface area contributed by atoms with Gasteiger partial charge in [-0.3, -0.25) is 14.6 Å². The van der Waals surface area contributed by atoms with Gasteiger partial charge in [-0.15, -0.1) is 0 Å². The van der Waals surface area contributed by atoms with Crippen molar-refractivity contribution in [1.29, 1.82) is 0 Å². The monoisotopic (exact) mass is 355 g/mol. The lowest BCUT2D eigenvalue weighted by Crippen LogP contribution is -2.32. The number of amides is 2. The zero-order chi connectivity index (χ0) is 18.5. The average molecular weight is 355 g/mol. The van der Waals surface area contributed by atoms with Gasteiger partial charge < -0.3 is 10.2 Å². The zero-order valence-corrected chi connectivity index (χ0v) is 14.7. The summed E-state index contributed by atoms with van der Waals surface area (Å²) in [5.41, 5.74) is 2.59. The Labute approximate surface area is 152 Å². The van der Waals surface area contributed by atoms with Crippen molar-refractivity contribution in [2.75, 3.05) is 6.54 Å². The van der Waals surface area contributed by atoms with Crippen molar-refractivity contribution in [1.82, 2.24) is 15.2 Å². The maximum Gasteiger partial charge on any atom is 0.227 e. The number of aromatic nitrogens is 1. The molecule has 3 rings (SSSR count). The molecule has 2 aromatic rings. The normalized spacial score (nSPS) is 16.5. The maximum atomic E-state index is 13.0. The summed E-state index contributed by atoms with van der Waals surface area (Å²) in [5, 5.41) is 2.74. The number of hydrogen-bond acceptors (Lipinski definition) is 3. The van der Waals surface area contributed by atoms with E-state index in [1.807, 2.05) is 17.0 Å². The Morgan fingerprint density at radius 2 is 1.92 bits per heavy atom. The maximum absolute atomic E-state index is 13.0. The second-order valence-electron chi connectivity index (χ2n) is 6.55. The van der Waals surface area contributed by atoms with Crippen LogP contribution in [0.25, 0.3) is 0 Å². The van der Waals surface area contributed by atoms with E-state index in [-0.39, 0.29) is 30.1 Å². The highest BCUT2D eigenvalue weighted by Crippen LogP contribution is 2.31. The second-order valence-corrected chi connectivity index (χ2v) is 6.55. The van der Waals surface area contributed by atoms with E-state index in [2.05, 4.69) is 10.3 Å². The third-order valence-corrected chi connectivity index (χ3v) is 4.57. The Balaban J connectivity index is 1.66. The van der Waals surface area contributed by atoms with Crippen LogP contribution in [0.4, 0.5) is 4.39 Å². The molecule has 6 heteroatoms. The lowest BCUT2D eigenvalue weighted by molar-refractivity contribution is -0.131. The van der Waals surface area contributed by atoms with Crippen LogP contribution in [-0.2, 0) is 22.6 Å². The fraction of sp³-hybridized carbons (Fsp3) is 0.350. The third kappa shape index (κ3) is 4.45. The molecule has 0 bridgehead atoms. The number of benzene rings is 1. The first kappa shape index (κ1) is 18.0. The van der Waals surface area contributed by atoms with E-state index in [0.29, 0.717) is 13.1 Å². The summed E-state index contributed by atoms with van der Waals surface area (Å²) in [6, 6.07) is 9.86. The molecule has 2 heterocycles. The molecule has 1 aliphatic rings. The predicted molar refractivity (Wildman–Crippen MR) is 95.5 cm³/mol. The molecule has 1 saturated heterocycles. The highest BCUT2D eigenvalue weighted by atomic mass is 19.1. The molecule has 5 nitrogen and oxygen atoms in total. The van der Waals surface area contributed by atoms with Crippen LogP contribution in [0.5, 0.6) is 0 Å². The number of carbonyl (C=O) groups is 2. The van der Waals surface area contributed by atoms with Gasteiger partial charge in [0.05, 0.1) is 18.2 Å². The molecular formula is C20H22FN3O2. The van der Waals surface area contributed by atoms with Gasteiger partial charge in [-0.05, 0) is 42.2 Å². The largest absolute Gasteiger partial charge is 0.352 e. The number of pyridine rings is 1. The average Bonchev–Trinajstić information content (AvgIpc) is 3.12. The first-order valence-electron chi connectivity index (χ1n) is 8.76. The number of rotatable bonds is 5. The van der Waals surface area contributed by atoms with Gasteiger partial charge >= 0.3 is 0 Å². The predicted octanol–water partition coefficient (Wildman–Crippen LogP) is 2.76. The summed E-state index contributed by atoms with van der Waals surface area (Å²) in [7, 11) is 0. The molecule has 0 aliphatic carbocycles. The summed E-state index contributed by atoms with van der Waals surface area (Å²) in [6.45, 7) is 2.63. The topological polar surface area (TPSA) is 62.3 Å². The summed E-state index contributed by atoms with van der Waals surface area (Å²) < 4.78 is 13.0. The molecule has 136 valence electrons. The number of halogens is 1. The summed E-state index contributed by atoms with van der Waals surface area (Å²) in [6.07, 6.45) is 3.83. The van der Waals surface area contributed by atoms with Gasteiger partial charge in [0.1, 0.15) is 5.82 Å². The molecule has 0 spiro atoms. The molecule has 1 aromatic heterocycles. The molecule has 1 unspecified atom stereocenters. The van der Waals surface area contributed by atoms with Crippen molar-refractivity contribution in [3.8, 4) is 0 Å². The minimum atomic E-state index is -0.302. The Morgan fingerprint density at radius 3 is 2.58 bits per heavy atom. The summed E-state index contributed by atoms with van der Waals surface area (Å²) in [4.78, 5) is 30.0. The molecule has 2 amide bonds. The van der Waals surface area contributed by atoms with E-state index in [1.165, 1.54) is 19.1 Å². The fourth-order valence-corrected chi connectivity index (χ4v) is 3.22. The van der Waals surface area contributed by atoms with E-state index < -0.39 is 0 Å². The molecule has 0 radical (unpaired) electrons. The van der Waals surface area contributed by atoms with Crippen LogP contribution in [0.15, 0.2) is 42.6 Å². The van der Waals surface area contributed by atoms with Gasteiger partial charge in [0.15, 0.2) is 0 Å². The Kier molecular flexibility index (Phi) is 5.61. The fourth-order valence-electron chi connectivity index (χ4n) is 3.22. The molecule has 1 N–H and O–H groups in total. The number of carbonyl (C=O) groups excluding carboxylic acids is 2. The van der Waals surface area contributed by atoms with Crippen molar-refractivity contribution in [2.45, 2.75) is 38.8 Å². The van der Waals surface area contributed by atoms with E-state index in [0.717, 1.165) is 29.7 Å². The van der Waals surface area contributed by atoms with Gasteiger partial charge in [-0.2, -0.15) is 0 Å². The minimum absolute atomic E-state index is 0.0298. The quantitative estimate of drug-likeness (QED) is 0.897. The van der Waals surface area contributed by atoms with Crippen LogP contribution in [0.1, 0.15) is 42.6 Å². The van der Waals surface area contributed by atoms with E-state index in [4.69, 9.17) is 0 Å². The van der Waals surface area contributed by atoms with E-state index in [1.54, 1.807) is 18.3 Å². The van der Waals surface area contributed by atoms with Crippen LogP contribution >= 0.6 is 0 Å². The number of likely N-dealkylation sites (tertiary alicyclic amines) is 1. The Bertz CT molecular complexity index is 775. The summed E-state index contributed by atoms with van der Waals surface area (Å²) in [5.74, 6) is -0.352. The highest BCUT2D eigenvalue weighted by Gasteiger charge is 2.30. The van der Waals surface area contributed by atoms with Gasteiger partial charge in [-0.25, -0.2) is 4.39 Å². The Hall–Kier alpha value is -2.76. The number of hydrogen-bond donors (Lipinski definition) is 1. The number of nitrogens with zero attached hydrogens (tertiary/aromatic N) is 2. The molecule has 1 aliphatic heterocycles. The van der Waals surface area contributed by atoms with Crippen molar-refractivity contribution >= 4 is 11.8 Å². The summed E-state index contributed by atoms with van der Waals surface area (Å²) >= 11 is 0. The standard InChI is InChI=1S/C20H22FN3O2/c1-14(25)22-12-16-6-9-18(23-13-16)19-3-2-10-24(19)20(26)11-15-4-7-17(21)8-5-15/h4-9,13,19H,2-3,10-12H2,1H3,(H,22,25). The highest BCUT2D eigenvalue weighted by molar-refractivity contribution is 5.79. The molecule has 1 aromatic carbocycles. The van der Waals surface area contributed by atoms with Gasteiger partial charge in [0.2, 0.25) is 11.8 Å². The van der Waals surface area contributed by atoms with Crippen molar-refractivity contribution in [2.24, 2.45) is 0 Å². The minimum Gasteiger partial charge on any atom is -0.352 e. The smallest absolute Gasteiger partial charge is 0.227 e. The lowest BCUT2D eigenvalue weighted by Gasteiger charge is -2.24. The molecule has 1 fully saturated rings. The van der Waals surface area contributed by atoms with Crippen molar-refractivity contribution in [3.63, 3.8) is 0 Å². The van der Waals surface area contributed by atoms with E-state index in [9.17, 15) is 14.0 Å². The lowest BCUT2D eigenvalue weighted by atomic mass is 10.1. The van der Waals surface area contributed by atoms with Gasteiger partial charge in [0, 0.05) is 26.2 Å². The van der Waals surface area contributed by atoms with E-state index >= 15 is 0 Å². The van der Waals surface area contributed by atoms with Gasteiger partial charge in [-0.1, -0.05) is 18.2 Å². The first-order chi connectivity index (χ1) is 12.5. The van der Waals surface area contributed by atoms with Gasteiger partial charge in [0.25, 0.3) is 0 Å². The second kappa shape index (κ2) is 8.08. The van der Waals surface area contributed by atoms with Crippen LogP contribution in [0.2, 0.25) is 0 Å². The molecule has 0 saturated carbocycles. The third-order valence-electron chi connectivity index (χ3n) is 4.57. The SMILES string of the molecule is CC(=O)NCc1ccc(C2CCCN2C(=O)Cc2ccc(F)cc2)nc1. The zero-order valence-electron chi connectivity index (χ0n) is 14.7. The molecule has 1 atom stereocenters. The van der Waals surface area contributed by atoms with Crippen LogP contribution in [0, 0.1) is 5.82 Å². The van der Waals surface area contributed by atoms with Crippen LogP contribution in [-0.4, -0.2) is 28.2 Å². The molecule has 26 heavy (non-hydrogen) atoms. The Morgan fingerprint density at radius 1 is 1.19 bits per heavy atom. The molecular weight excluding hydrogens is 333 g/mol. The first-order valence-corrected chi connectivity index (χ1v) is 8.76. The van der Waals surface area contributed by atoms with Crippen LogP contribution in [0.3, 0.4) is 0 Å². The van der Waals surface area contributed by atoms with Crippen molar-refractivity contribution in [3.05, 3.63) is 65.2 Å². The van der Waals surface area contributed by atoms with Crippen molar-refractivity contribution < 1.29 is 14.0 Å². The number of nitrogens with one attached hydrogen (secondary N) is 1. The van der Waals surface area contributed by atoms with Crippen LogP contribution < -0.4 is 5.32 Å².